The number of halogens is 1. The van der Waals surface area contributed by atoms with Crippen molar-refractivity contribution >= 4 is 5.91 Å². The average Bonchev–Trinajstić information content (AvgIpc) is 2.42. The topological polar surface area (TPSA) is 65.1 Å². The zero-order chi connectivity index (χ0) is 16.2. The van der Waals surface area contributed by atoms with Crippen molar-refractivity contribution < 1.29 is 9.18 Å². The molecule has 0 radical (unpaired) electrons. The van der Waals surface area contributed by atoms with E-state index in [-0.39, 0.29) is 5.56 Å². The van der Waals surface area contributed by atoms with Gasteiger partial charge < -0.3 is 10.3 Å². The molecule has 0 aliphatic carbocycles. The van der Waals surface area contributed by atoms with Crippen molar-refractivity contribution in [3.05, 3.63) is 70.5 Å². The van der Waals surface area contributed by atoms with Crippen LogP contribution in [0.1, 0.15) is 35.9 Å². The first-order chi connectivity index (χ1) is 9.79. The molecule has 0 fully saturated rings. The quantitative estimate of drug-likeness (QED) is 0.819. The molecule has 0 saturated heterocycles. The second-order valence-corrected chi connectivity index (χ2v) is 4.66. The molecule has 1 rings (SSSR count). The Morgan fingerprint density at radius 1 is 1.43 bits per heavy atom. The number of hydrogen-bond donors (Lipinski definition) is 1. The normalized spacial score (nSPS) is 12.3. The Labute approximate surface area is 123 Å². The van der Waals surface area contributed by atoms with Crippen molar-refractivity contribution in [2.45, 2.75) is 26.3 Å². The van der Waals surface area contributed by atoms with Crippen LogP contribution in [-0.2, 0) is 6.42 Å². The third-order valence-electron chi connectivity index (χ3n) is 3.23. The standard InChI is InChI=1S/C16H19FN2O2/c1-5-13-8-9-14(15(18)20)16(21)19(13)12(4)10(2)6-7-11(3)17/h6-9,12H,2-3,5H2,1,4H3,(H2,18,20)/b7-6-. The highest BCUT2D eigenvalue weighted by molar-refractivity contribution is 5.92. The molecule has 1 amide bonds. The van der Waals surface area contributed by atoms with E-state index in [2.05, 4.69) is 13.2 Å². The number of allylic oxidation sites excluding steroid dienone is 4. The number of nitrogens with zero attached hydrogens (tertiary/aromatic N) is 1. The molecule has 0 aliphatic rings. The number of rotatable bonds is 6. The van der Waals surface area contributed by atoms with Gasteiger partial charge in [-0.3, -0.25) is 9.59 Å². The van der Waals surface area contributed by atoms with Crippen LogP contribution in [0.25, 0.3) is 0 Å². The number of pyridine rings is 1. The fourth-order valence-corrected chi connectivity index (χ4v) is 1.99. The molecule has 1 aromatic rings. The maximum Gasteiger partial charge on any atom is 0.264 e. The van der Waals surface area contributed by atoms with E-state index < -0.39 is 23.3 Å². The summed E-state index contributed by atoms with van der Waals surface area (Å²) in [5, 5.41) is 0. The number of primary amides is 1. The highest BCUT2D eigenvalue weighted by atomic mass is 19.1. The number of nitrogens with two attached hydrogens (primary N) is 1. The first-order valence-electron chi connectivity index (χ1n) is 6.55. The highest BCUT2D eigenvalue weighted by Crippen LogP contribution is 2.18. The van der Waals surface area contributed by atoms with Crippen LogP contribution in [0.4, 0.5) is 4.39 Å². The third kappa shape index (κ3) is 3.78. The van der Waals surface area contributed by atoms with Crippen LogP contribution in [0.3, 0.4) is 0 Å². The average molecular weight is 290 g/mol. The van der Waals surface area contributed by atoms with Crippen LogP contribution >= 0.6 is 0 Å². The zero-order valence-electron chi connectivity index (χ0n) is 12.2. The summed E-state index contributed by atoms with van der Waals surface area (Å²) in [7, 11) is 0. The van der Waals surface area contributed by atoms with Gasteiger partial charge in [0.05, 0.1) is 6.04 Å². The van der Waals surface area contributed by atoms with E-state index in [4.69, 9.17) is 5.73 Å². The Morgan fingerprint density at radius 3 is 2.52 bits per heavy atom. The van der Waals surface area contributed by atoms with Gasteiger partial charge in [0.2, 0.25) is 0 Å². The monoisotopic (exact) mass is 290 g/mol. The molecule has 1 unspecified atom stereocenters. The summed E-state index contributed by atoms with van der Waals surface area (Å²) in [6.07, 6.45) is 3.23. The van der Waals surface area contributed by atoms with Gasteiger partial charge >= 0.3 is 0 Å². The predicted octanol–water partition coefficient (Wildman–Crippen LogP) is 2.67. The van der Waals surface area contributed by atoms with Crippen molar-refractivity contribution in [1.82, 2.24) is 4.57 Å². The van der Waals surface area contributed by atoms with Gasteiger partial charge in [-0.15, -0.1) is 0 Å². The number of aryl methyl sites for hydroxylation is 1. The van der Waals surface area contributed by atoms with Gasteiger partial charge in [-0.2, -0.15) is 0 Å². The van der Waals surface area contributed by atoms with Gasteiger partial charge in [0.1, 0.15) is 11.4 Å². The number of carbonyl (C=O) groups is 1. The van der Waals surface area contributed by atoms with Gasteiger partial charge in [0.15, 0.2) is 0 Å². The van der Waals surface area contributed by atoms with Gasteiger partial charge in [-0.25, -0.2) is 4.39 Å². The number of hydrogen-bond acceptors (Lipinski definition) is 2. The van der Waals surface area contributed by atoms with E-state index >= 15 is 0 Å². The molecule has 0 aromatic carbocycles. The van der Waals surface area contributed by atoms with Crippen molar-refractivity contribution in [3.63, 3.8) is 0 Å². The Kier molecular flexibility index (Phi) is 5.41. The molecular weight excluding hydrogens is 271 g/mol. The van der Waals surface area contributed by atoms with E-state index in [1.165, 1.54) is 22.8 Å². The molecule has 1 atom stereocenters. The van der Waals surface area contributed by atoms with Gasteiger partial charge in [-0.05, 0) is 37.1 Å². The van der Waals surface area contributed by atoms with E-state index in [9.17, 15) is 14.0 Å². The molecule has 1 heterocycles. The SMILES string of the molecule is C=C(F)/C=C\C(=C)C(C)n1c(CC)ccc(C(N)=O)c1=O. The van der Waals surface area contributed by atoms with Crippen molar-refractivity contribution in [3.8, 4) is 0 Å². The van der Waals surface area contributed by atoms with Gasteiger partial charge in [0.25, 0.3) is 11.5 Å². The zero-order valence-corrected chi connectivity index (χ0v) is 12.2. The molecule has 0 spiro atoms. The van der Waals surface area contributed by atoms with Crippen molar-refractivity contribution in [2.75, 3.05) is 0 Å². The maximum absolute atomic E-state index is 12.7. The van der Waals surface area contributed by atoms with Crippen LogP contribution in [0.5, 0.6) is 0 Å². The van der Waals surface area contributed by atoms with Crippen LogP contribution in [0.2, 0.25) is 0 Å². The summed E-state index contributed by atoms with van der Waals surface area (Å²) in [6, 6.07) is 2.68. The third-order valence-corrected chi connectivity index (χ3v) is 3.23. The maximum atomic E-state index is 12.7. The lowest BCUT2D eigenvalue weighted by atomic mass is 10.1. The summed E-state index contributed by atoms with van der Waals surface area (Å²) in [6.45, 7) is 10.6. The number of aromatic nitrogens is 1. The largest absolute Gasteiger partial charge is 0.365 e. The molecule has 5 heteroatoms. The molecule has 0 aliphatic heterocycles. The first-order valence-corrected chi connectivity index (χ1v) is 6.55. The lowest BCUT2D eigenvalue weighted by Crippen LogP contribution is -2.33. The lowest BCUT2D eigenvalue weighted by Gasteiger charge is -2.20. The Morgan fingerprint density at radius 2 is 2.05 bits per heavy atom. The second kappa shape index (κ2) is 6.83. The van der Waals surface area contributed by atoms with Crippen LogP contribution in [-0.4, -0.2) is 10.5 Å². The smallest absolute Gasteiger partial charge is 0.264 e. The van der Waals surface area contributed by atoms with Crippen LogP contribution < -0.4 is 11.3 Å². The number of amides is 1. The fraction of sp³-hybridized carbons (Fsp3) is 0.250. The number of carbonyl (C=O) groups excluding carboxylic acids is 1. The van der Waals surface area contributed by atoms with Crippen molar-refractivity contribution in [2.24, 2.45) is 5.73 Å². The van der Waals surface area contributed by atoms with E-state index in [1.807, 2.05) is 6.92 Å². The lowest BCUT2D eigenvalue weighted by molar-refractivity contribution is 0.0998. The fourth-order valence-electron chi connectivity index (χ4n) is 1.99. The molecule has 2 N–H and O–H groups in total. The van der Waals surface area contributed by atoms with Crippen LogP contribution in [0, 0.1) is 0 Å². The summed E-state index contributed by atoms with van der Waals surface area (Å²) in [5.41, 5.74) is 5.91. The van der Waals surface area contributed by atoms with Gasteiger partial charge in [0, 0.05) is 5.69 Å². The molecule has 112 valence electrons. The second-order valence-electron chi connectivity index (χ2n) is 4.66. The molecule has 21 heavy (non-hydrogen) atoms. The minimum Gasteiger partial charge on any atom is -0.365 e. The van der Waals surface area contributed by atoms with Crippen LogP contribution in [0.15, 0.2) is 53.6 Å². The summed E-state index contributed by atoms with van der Waals surface area (Å²) >= 11 is 0. The van der Waals surface area contributed by atoms with Gasteiger partial charge in [-0.1, -0.05) is 26.2 Å². The summed E-state index contributed by atoms with van der Waals surface area (Å²) in [5.74, 6) is -1.38. The Balaban J connectivity index is 3.36. The minimum absolute atomic E-state index is 0.0780. The first kappa shape index (κ1) is 16.6. The molecular formula is C16H19FN2O2. The molecule has 0 bridgehead atoms. The molecule has 4 nitrogen and oxygen atoms in total. The summed E-state index contributed by atoms with van der Waals surface area (Å²) < 4.78 is 14.1. The Bertz CT molecular complexity index is 671. The summed E-state index contributed by atoms with van der Waals surface area (Å²) in [4.78, 5) is 23.7. The van der Waals surface area contributed by atoms with E-state index in [1.54, 1.807) is 13.0 Å². The van der Waals surface area contributed by atoms with E-state index in [0.29, 0.717) is 12.0 Å². The highest BCUT2D eigenvalue weighted by Gasteiger charge is 2.17. The van der Waals surface area contributed by atoms with E-state index in [0.717, 1.165) is 5.69 Å². The Hall–Kier alpha value is -2.43. The van der Waals surface area contributed by atoms with Crippen molar-refractivity contribution in [1.29, 1.82) is 0 Å². The molecule has 1 aromatic heterocycles. The minimum atomic E-state index is -0.776. The molecule has 0 saturated carbocycles. The predicted molar refractivity (Wildman–Crippen MR) is 81.8 cm³/mol.